The zero-order valence-corrected chi connectivity index (χ0v) is 12.8. The largest absolute Gasteiger partial charge is 0.497 e. The predicted molar refractivity (Wildman–Crippen MR) is 83.0 cm³/mol. The van der Waals surface area contributed by atoms with Crippen LogP contribution in [0.15, 0.2) is 24.4 Å². The van der Waals surface area contributed by atoms with Gasteiger partial charge < -0.3 is 24.8 Å². The van der Waals surface area contributed by atoms with Crippen molar-refractivity contribution in [1.29, 1.82) is 0 Å². The summed E-state index contributed by atoms with van der Waals surface area (Å²) < 4.78 is 15.5. The molecule has 0 amide bonds. The third-order valence-corrected chi connectivity index (χ3v) is 2.82. The van der Waals surface area contributed by atoms with Gasteiger partial charge in [0.1, 0.15) is 11.5 Å². The summed E-state index contributed by atoms with van der Waals surface area (Å²) in [6.07, 6.45) is 1.53. The zero-order chi connectivity index (χ0) is 15.8. The third kappa shape index (κ3) is 4.19. The number of benzene rings is 1. The van der Waals surface area contributed by atoms with Gasteiger partial charge in [-0.3, -0.25) is 0 Å². The number of aromatic nitrogens is 3. The first-order valence-electron chi connectivity index (χ1n) is 6.68. The molecule has 8 nitrogen and oxygen atoms in total. The van der Waals surface area contributed by atoms with E-state index < -0.39 is 0 Å². The van der Waals surface area contributed by atoms with E-state index in [1.54, 1.807) is 27.4 Å². The molecule has 0 unspecified atom stereocenters. The van der Waals surface area contributed by atoms with Crippen molar-refractivity contribution in [3.05, 3.63) is 24.4 Å². The van der Waals surface area contributed by atoms with Crippen LogP contribution < -0.4 is 20.1 Å². The first-order chi connectivity index (χ1) is 10.8. The lowest BCUT2D eigenvalue weighted by Crippen LogP contribution is -2.11. The van der Waals surface area contributed by atoms with Crippen LogP contribution in [0.2, 0.25) is 0 Å². The molecule has 0 aliphatic carbocycles. The Balaban J connectivity index is 2.11. The number of nitrogens with zero attached hydrogens (tertiary/aromatic N) is 3. The van der Waals surface area contributed by atoms with Crippen molar-refractivity contribution in [3.63, 3.8) is 0 Å². The van der Waals surface area contributed by atoms with Crippen LogP contribution in [-0.4, -0.2) is 49.7 Å². The molecular weight excluding hydrogens is 286 g/mol. The van der Waals surface area contributed by atoms with Crippen molar-refractivity contribution in [3.8, 4) is 11.5 Å². The van der Waals surface area contributed by atoms with Crippen molar-refractivity contribution < 1.29 is 14.2 Å². The highest BCUT2D eigenvalue weighted by molar-refractivity contribution is 5.65. The minimum absolute atomic E-state index is 0.425. The summed E-state index contributed by atoms with van der Waals surface area (Å²) in [7, 11) is 4.83. The van der Waals surface area contributed by atoms with Gasteiger partial charge in [0.25, 0.3) is 0 Å². The lowest BCUT2D eigenvalue weighted by molar-refractivity contribution is 0.210. The summed E-state index contributed by atoms with van der Waals surface area (Å²) in [4.78, 5) is 4.32. The second-order valence-corrected chi connectivity index (χ2v) is 4.28. The number of hydrogen-bond donors (Lipinski definition) is 2. The van der Waals surface area contributed by atoms with Crippen LogP contribution in [0.25, 0.3) is 0 Å². The number of anilines is 3. The summed E-state index contributed by atoms with van der Waals surface area (Å²) in [5, 5.41) is 14.0. The molecule has 0 saturated heterocycles. The molecule has 0 atom stereocenters. The van der Waals surface area contributed by atoms with Crippen molar-refractivity contribution in [2.24, 2.45) is 0 Å². The molecule has 0 saturated carbocycles. The summed E-state index contributed by atoms with van der Waals surface area (Å²) in [5.41, 5.74) is 0.756. The summed E-state index contributed by atoms with van der Waals surface area (Å²) >= 11 is 0. The van der Waals surface area contributed by atoms with E-state index in [1.165, 1.54) is 6.20 Å². The normalized spacial score (nSPS) is 10.1. The zero-order valence-electron chi connectivity index (χ0n) is 12.8. The monoisotopic (exact) mass is 305 g/mol. The molecule has 0 radical (unpaired) electrons. The van der Waals surface area contributed by atoms with E-state index in [0.29, 0.717) is 36.4 Å². The van der Waals surface area contributed by atoms with Gasteiger partial charge in [-0.2, -0.15) is 10.1 Å². The predicted octanol–water partition coefficient (Wildman–Crippen LogP) is 1.69. The lowest BCUT2D eigenvalue weighted by atomic mass is 10.2. The van der Waals surface area contributed by atoms with Crippen LogP contribution in [0.5, 0.6) is 11.5 Å². The molecule has 118 valence electrons. The van der Waals surface area contributed by atoms with Crippen LogP contribution in [0.4, 0.5) is 17.5 Å². The fourth-order valence-electron chi connectivity index (χ4n) is 1.74. The van der Waals surface area contributed by atoms with Gasteiger partial charge in [0, 0.05) is 19.7 Å². The first kappa shape index (κ1) is 15.8. The van der Waals surface area contributed by atoms with Crippen molar-refractivity contribution in [2.75, 3.05) is 45.1 Å². The Hall–Kier alpha value is -2.61. The SMILES string of the molecule is COCCNc1nncc(Nc2ccc(OC)cc2OC)n1. The summed E-state index contributed by atoms with van der Waals surface area (Å²) in [6.45, 7) is 1.17. The third-order valence-electron chi connectivity index (χ3n) is 2.82. The van der Waals surface area contributed by atoms with Gasteiger partial charge in [0.15, 0.2) is 5.82 Å². The average molecular weight is 305 g/mol. The Morgan fingerprint density at radius 1 is 1.14 bits per heavy atom. The van der Waals surface area contributed by atoms with E-state index in [9.17, 15) is 0 Å². The van der Waals surface area contributed by atoms with Gasteiger partial charge in [0.05, 0.1) is 32.7 Å². The molecule has 0 fully saturated rings. The highest BCUT2D eigenvalue weighted by Gasteiger charge is 2.07. The maximum absolute atomic E-state index is 5.33. The van der Waals surface area contributed by atoms with Gasteiger partial charge in [-0.1, -0.05) is 0 Å². The number of ether oxygens (including phenoxy) is 3. The molecule has 0 spiro atoms. The van der Waals surface area contributed by atoms with Crippen LogP contribution >= 0.6 is 0 Å². The number of nitrogens with one attached hydrogen (secondary N) is 2. The molecule has 8 heteroatoms. The molecule has 2 aromatic rings. The summed E-state index contributed by atoms with van der Waals surface area (Å²) in [6, 6.07) is 5.46. The van der Waals surface area contributed by atoms with Crippen LogP contribution in [0.1, 0.15) is 0 Å². The molecule has 1 heterocycles. The Morgan fingerprint density at radius 3 is 2.73 bits per heavy atom. The Bertz CT molecular complexity index is 609. The van der Waals surface area contributed by atoms with E-state index >= 15 is 0 Å². The Labute approximate surface area is 128 Å². The van der Waals surface area contributed by atoms with Gasteiger partial charge in [0.2, 0.25) is 5.95 Å². The van der Waals surface area contributed by atoms with Gasteiger partial charge in [-0.15, -0.1) is 5.10 Å². The minimum Gasteiger partial charge on any atom is -0.497 e. The maximum atomic E-state index is 5.33. The minimum atomic E-state index is 0.425. The maximum Gasteiger partial charge on any atom is 0.244 e. The average Bonchev–Trinajstić information content (AvgIpc) is 2.56. The van der Waals surface area contributed by atoms with Gasteiger partial charge in [-0.05, 0) is 12.1 Å². The fraction of sp³-hybridized carbons (Fsp3) is 0.357. The van der Waals surface area contributed by atoms with E-state index in [0.717, 1.165) is 5.69 Å². The lowest BCUT2D eigenvalue weighted by Gasteiger charge is -2.12. The second kappa shape index (κ2) is 7.99. The number of methoxy groups -OCH3 is 3. The van der Waals surface area contributed by atoms with Gasteiger partial charge in [-0.25, -0.2) is 0 Å². The van der Waals surface area contributed by atoms with Crippen LogP contribution in [0, 0.1) is 0 Å². The highest BCUT2D eigenvalue weighted by Crippen LogP contribution is 2.30. The first-order valence-corrected chi connectivity index (χ1v) is 6.68. The molecule has 2 N–H and O–H groups in total. The molecule has 1 aromatic carbocycles. The molecule has 2 rings (SSSR count). The van der Waals surface area contributed by atoms with Crippen LogP contribution in [0.3, 0.4) is 0 Å². The van der Waals surface area contributed by atoms with Crippen molar-refractivity contribution >= 4 is 17.5 Å². The molecule has 22 heavy (non-hydrogen) atoms. The fourth-order valence-corrected chi connectivity index (χ4v) is 1.74. The highest BCUT2D eigenvalue weighted by atomic mass is 16.5. The smallest absolute Gasteiger partial charge is 0.244 e. The summed E-state index contributed by atoms with van der Waals surface area (Å²) in [5.74, 6) is 2.34. The van der Waals surface area contributed by atoms with E-state index in [2.05, 4.69) is 25.8 Å². The number of rotatable bonds is 8. The number of hydrogen-bond acceptors (Lipinski definition) is 8. The van der Waals surface area contributed by atoms with E-state index in [4.69, 9.17) is 14.2 Å². The Morgan fingerprint density at radius 2 is 2.00 bits per heavy atom. The molecule has 0 aliphatic heterocycles. The van der Waals surface area contributed by atoms with E-state index in [1.807, 2.05) is 12.1 Å². The standard InChI is InChI=1S/C14H19N5O3/c1-20-7-6-15-14-18-13(9-16-19-14)17-11-5-4-10(21-2)8-12(11)22-3/h4-5,8-9H,6-7H2,1-3H3,(H2,15,17,18,19). The second-order valence-electron chi connectivity index (χ2n) is 4.28. The Kier molecular flexibility index (Phi) is 5.73. The quantitative estimate of drug-likeness (QED) is 0.712. The molecular formula is C14H19N5O3. The van der Waals surface area contributed by atoms with Crippen LogP contribution in [-0.2, 0) is 4.74 Å². The molecule has 0 bridgehead atoms. The molecule has 1 aromatic heterocycles. The van der Waals surface area contributed by atoms with Gasteiger partial charge >= 0.3 is 0 Å². The topological polar surface area (TPSA) is 90.4 Å². The van der Waals surface area contributed by atoms with E-state index in [-0.39, 0.29) is 0 Å². The van der Waals surface area contributed by atoms with Crippen molar-refractivity contribution in [1.82, 2.24) is 15.2 Å². The van der Waals surface area contributed by atoms with Crippen molar-refractivity contribution in [2.45, 2.75) is 0 Å². The molecule has 0 aliphatic rings.